The first-order chi connectivity index (χ1) is 8.99. The van der Waals surface area contributed by atoms with Crippen molar-refractivity contribution in [2.75, 3.05) is 5.32 Å². The largest absolute Gasteiger partial charge is 0.478 e. The van der Waals surface area contributed by atoms with Gasteiger partial charge in [-0.1, -0.05) is 6.07 Å². The van der Waals surface area contributed by atoms with Crippen LogP contribution in [0.4, 0.5) is 10.1 Å². The maximum absolute atomic E-state index is 13.4. The highest BCUT2D eigenvalue weighted by Gasteiger charge is 2.28. The van der Waals surface area contributed by atoms with E-state index in [-0.39, 0.29) is 18.0 Å². The molecule has 1 heterocycles. The molecule has 1 aromatic rings. The molecule has 0 aliphatic carbocycles. The predicted molar refractivity (Wildman–Crippen MR) is 63.2 cm³/mol. The van der Waals surface area contributed by atoms with E-state index in [1.165, 1.54) is 12.1 Å². The number of halogens is 1. The Morgan fingerprint density at radius 1 is 1.42 bits per heavy atom. The van der Waals surface area contributed by atoms with Crippen LogP contribution >= 0.6 is 0 Å². The van der Waals surface area contributed by atoms with Crippen LogP contribution in [0.15, 0.2) is 18.2 Å². The average molecular weight is 266 g/mol. The molecule has 3 N–H and O–H groups in total. The number of hydrogen-bond acceptors (Lipinski definition) is 3. The molecule has 0 saturated carbocycles. The smallest absolute Gasteiger partial charge is 0.340 e. The molecule has 100 valence electrons. The van der Waals surface area contributed by atoms with Crippen LogP contribution in [0.25, 0.3) is 0 Å². The van der Waals surface area contributed by atoms with Crippen LogP contribution in [-0.4, -0.2) is 28.9 Å². The van der Waals surface area contributed by atoms with E-state index in [4.69, 9.17) is 5.11 Å². The van der Waals surface area contributed by atoms with E-state index >= 15 is 0 Å². The van der Waals surface area contributed by atoms with Crippen molar-refractivity contribution in [2.24, 2.45) is 0 Å². The third-order valence-corrected chi connectivity index (χ3v) is 2.80. The van der Waals surface area contributed by atoms with Gasteiger partial charge in [0.15, 0.2) is 0 Å². The van der Waals surface area contributed by atoms with E-state index in [0.29, 0.717) is 6.42 Å². The Hall–Kier alpha value is -2.44. The van der Waals surface area contributed by atoms with Gasteiger partial charge in [-0.25, -0.2) is 9.18 Å². The van der Waals surface area contributed by atoms with E-state index in [2.05, 4.69) is 10.6 Å². The van der Waals surface area contributed by atoms with Gasteiger partial charge < -0.3 is 15.7 Å². The molecule has 7 heteroatoms. The van der Waals surface area contributed by atoms with Crippen molar-refractivity contribution in [2.45, 2.75) is 18.9 Å². The minimum Gasteiger partial charge on any atom is -0.478 e. The zero-order chi connectivity index (χ0) is 14.0. The summed E-state index contributed by atoms with van der Waals surface area (Å²) in [5.74, 6) is -3.19. The van der Waals surface area contributed by atoms with E-state index in [1.807, 2.05) is 0 Å². The summed E-state index contributed by atoms with van der Waals surface area (Å²) < 4.78 is 13.4. The molecule has 0 unspecified atom stereocenters. The summed E-state index contributed by atoms with van der Waals surface area (Å²) in [7, 11) is 0. The molecule has 0 spiro atoms. The lowest BCUT2D eigenvalue weighted by atomic mass is 10.1. The van der Waals surface area contributed by atoms with Gasteiger partial charge in [0, 0.05) is 6.42 Å². The zero-order valence-electron chi connectivity index (χ0n) is 9.77. The molecular formula is C12H11FN2O4. The predicted octanol–water partition coefficient (Wildman–Crippen LogP) is 0.741. The molecule has 2 amide bonds. The number of carbonyl (C=O) groups is 3. The second-order valence-electron chi connectivity index (χ2n) is 4.12. The maximum atomic E-state index is 13.4. The third-order valence-electron chi connectivity index (χ3n) is 2.80. The van der Waals surface area contributed by atoms with Crippen LogP contribution in [0.5, 0.6) is 0 Å². The van der Waals surface area contributed by atoms with Crippen molar-refractivity contribution in [3.63, 3.8) is 0 Å². The summed E-state index contributed by atoms with van der Waals surface area (Å²) in [5.41, 5.74) is -0.723. The monoisotopic (exact) mass is 266 g/mol. The third kappa shape index (κ3) is 2.70. The molecule has 6 nitrogen and oxygen atoms in total. The molecule has 1 aliphatic heterocycles. The quantitative estimate of drug-likeness (QED) is 0.752. The van der Waals surface area contributed by atoms with Gasteiger partial charge in [0.1, 0.15) is 17.4 Å². The highest BCUT2D eigenvalue weighted by molar-refractivity contribution is 6.04. The second-order valence-corrected chi connectivity index (χ2v) is 4.12. The summed E-state index contributed by atoms with van der Waals surface area (Å²) in [4.78, 5) is 33.7. The molecule has 1 fully saturated rings. The molecular weight excluding hydrogens is 255 g/mol. The fraction of sp³-hybridized carbons (Fsp3) is 0.250. The molecule has 0 radical (unpaired) electrons. The number of hydrogen-bond donors (Lipinski definition) is 3. The van der Waals surface area contributed by atoms with Crippen LogP contribution in [0.2, 0.25) is 0 Å². The van der Waals surface area contributed by atoms with Gasteiger partial charge in [-0.3, -0.25) is 9.59 Å². The lowest BCUT2D eigenvalue weighted by molar-refractivity contribution is -0.122. The first kappa shape index (κ1) is 13.0. The van der Waals surface area contributed by atoms with Crippen LogP contribution < -0.4 is 10.6 Å². The van der Waals surface area contributed by atoms with Gasteiger partial charge >= 0.3 is 5.97 Å². The number of benzene rings is 1. The Morgan fingerprint density at radius 3 is 2.74 bits per heavy atom. The van der Waals surface area contributed by atoms with Gasteiger partial charge in [-0.2, -0.15) is 0 Å². The number of rotatable bonds is 3. The number of amides is 2. The zero-order valence-corrected chi connectivity index (χ0v) is 9.77. The SMILES string of the molecule is O=C1CC[C@@H](C(=O)Nc2cccc(F)c2C(=O)O)N1. The Morgan fingerprint density at radius 2 is 2.16 bits per heavy atom. The van der Waals surface area contributed by atoms with Gasteiger partial charge in [0.25, 0.3) is 0 Å². The fourth-order valence-electron chi connectivity index (χ4n) is 1.88. The average Bonchev–Trinajstić information content (AvgIpc) is 2.75. The molecule has 0 bridgehead atoms. The highest BCUT2D eigenvalue weighted by atomic mass is 19.1. The summed E-state index contributed by atoms with van der Waals surface area (Å²) >= 11 is 0. The van der Waals surface area contributed by atoms with Gasteiger partial charge in [0.2, 0.25) is 11.8 Å². The van der Waals surface area contributed by atoms with Gasteiger partial charge in [0.05, 0.1) is 5.69 Å². The first-order valence-corrected chi connectivity index (χ1v) is 5.61. The molecule has 19 heavy (non-hydrogen) atoms. The van der Waals surface area contributed by atoms with Crippen molar-refractivity contribution < 1.29 is 23.9 Å². The summed E-state index contributed by atoms with van der Waals surface area (Å²) in [6, 6.07) is 2.87. The normalized spacial score (nSPS) is 17.9. The first-order valence-electron chi connectivity index (χ1n) is 5.61. The molecule has 1 aliphatic rings. The minimum atomic E-state index is -1.47. The minimum absolute atomic E-state index is 0.126. The van der Waals surface area contributed by atoms with Crippen molar-refractivity contribution in [1.29, 1.82) is 0 Å². The Balaban J connectivity index is 2.19. The molecule has 1 atom stereocenters. The van der Waals surface area contributed by atoms with E-state index in [9.17, 15) is 18.8 Å². The molecule has 1 aromatic carbocycles. The number of carbonyl (C=O) groups excluding carboxylic acids is 2. The summed E-state index contributed by atoms with van der Waals surface area (Å²) in [5, 5.41) is 13.7. The maximum Gasteiger partial charge on any atom is 0.340 e. The Bertz CT molecular complexity index is 559. The molecule has 0 aromatic heterocycles. The molecule has 2 rings (SSSR count). The fourth-order valence-corrected chi connectivity index (χ4v) is 1.88. The van der Waals surface area contributed by atoms with Crippen molar-refractivity contribution >= 4 is 23.5 Å². The van der Waals surface area contributed by atoms with E-state index in [0.717, 1.165) is 6.07 Å². The van der Waals surface area contributed by atoms with Crippen LogP contribution in [-0.2, 0) is 9.59 Å². The van der Waals surface area contributed by atoms with Crippen LogP contribution in [0, 0.1) is 5.82 Å². The second kappa shape index (κ2) is 5.05. The van der Waals surface area contributed by atoms with Crippen molar-refractivity contribution in [3.05, 3.63) is 29.6 Å². The molecule has 1 saturated heterocycles. The Kier molecular flexibility index (Phi) is 3.46. The summed E-state index contributed by atoms with van der Waals surface area (Å²) in [6.45, 7) is 0. The number of nitrogens with one attached hydrogen (secondary N) is 2. The van der Waals surface area contributed by atoms with Crippen LogP contribution in [0.1, 0.15) is 23.2 Å². The van der Waals surface area contributed by atoms with Crippen molar-refractivity contribution in [1.82, 2.24) is 5.32 Å². The van der Waals surface area contributed by atoms with Crippen molar-refractivity contribution in [3.8, 4) is 0 Å². The highest BCUT2D eigenvalue weighted by Crippen LogP contribution is 2.20. The number of carboxylic acid groups (broad SMARTS) is 1. The van der Waals surface area contributed by atoms with Crippen LogP contribution in [0.3, 0.4) is 0 Å². The Labute approximate surface area is 107 Å². The standard InChI is InChI=1S/C12H11FN2O4/c13-6-2-1-3-7(10(6)12(18)19)15-11(17)8-4-5-9(16)14-8/h1-3,8H,4-5H2,(H,14,16)(H,15,17)(H,18,19)/t8-/m0/s1. The number of aromatic carboxylic acids is 1. The van der Waals surface area contributed by atoms with E-state index in [1.54, 1.807) is 0 Å². The van der Waals surface area contributed by atoms with E-state index < -0.39 is 29.3 Å². The number of anilines is 1. The van der Waals surface area contributed by atoms with Gasteiger partial charge in [-0.05, 0) is 18.6 Å². The number of carboxylic acids is 1. The van der Waals surface area contributed by atoms with Gasteiger partial charge in [-0.15, -0.1) is 0 Å². The topological polar surface area (TPSA) is 95.5 Å². The lowest BCUT2D eigenvalue weighted by Gasteiger charge is -2.12. The summed E-state index contributed by atoms with van der Waals surface area (Å²) in [6.07, 6.45) is 0.579. The lowest BCUT2D eigenvalue weighted by Crippen LogP contribution is -2.37.